The summed E-state index contributed by atoms with van der Waals surface area (Å²) in [7, 11) is 1.66. The van der Waals surface area contributed by atoms with Crippen LogP contribution in [0.5, 0.6) is 0 Å². The van der Waals surface area contributed by atoms with Gasteiger partial charge in [-0.05, 0) is 26.3 Å². The Hall–Kier alpha value is -2.02. The van der Waals surface area contributed by atoms with E-state index in [1.807, 2.05) is 6.92 Å². The molecule has 0 saturated heterocycles. The Balaban J connectivity index is 2.19. The van der Waals surface area contributed by atoms with Gasteiger partial charge in [0, 0.05) is 25.5 Å². The van der Waals surface area contributed by atoms with Crippen molar-refractivity contribution >= 4 is 11.7 Å². The zero-order chi connectivity index (χ0) is 14.0. The molecule has 0 aliphatic carbocycles. The van der Waals surface area contributed by atoms with E-state index < -0.39 is 6.10 Å². The molecule has 0 fully saturated rings. The standard InChI is InChI=1S/C12H17N5O2/c1-8-4-6-13-12-14-10(15-17(8)12)11(19)16(3)7-5-9(2)18/h4,6,9,18H,5,7H2,1-3H3. The summed E-state index contributed by atoms with van der Waals surface area (Å²) in [6, 6.07) is 1.80. The second kappa shape index (κ2) is 5.31. The number of carbonyl (C=O) groups excluding carboxylic acids is 1. The molecule has 7 heteroatoms. The predicted octanol–water partition coefficient (Wildman–Crippen LogP) is 0.276. The van der Waals surface area contributed by atoms with Crippen LogP contribution >= 0.6 is 0 Å². The van der Waals surface area contributed by atoms with Crippen LogP contribution in [-0.4, -0.2) is 55.2 Å². The monoisotopic (exact) mass is 263 g/mol. The van der Waals surface area contributed by atoms with E-state index in [1.165, 1.54) is 9.42 Å². The average Bonchev–Trinajstić information content (AvgIpc) is 2.80. The molecule has 1 unspecified atom stereocenters. The summed E-state index contributed by atoms with van der Waals surface area (Å²) in [4.78, 5) is 21.8. The average molecular weight is 263 g/mol. The third-order valence-corrected chi connectivity index (χ3v) is 2.85. The molecule has 2 rings (SSSR count). The van der Waals surface area contributed by atoms with E-state index in [-0.39, 0.29) is 11.7 Å². The lowest BCUT2D eigenvalue weighted by molar-refractivity contribution is 0.0757. The first-order valence-corrected chi connectivity index (χ1v) is 6.11. The van der Waals surface area contributed by atoms with Crippen molar-refractivity contribution in [2.75, 3.05) is 13.6 Å². The number of aliphatic hydroxyl groups is 1. The van der Waals surface area contributed by atoms with Crippen LogP contribution in [0.25, 0.3) is 5.78 Å². The van der Waals surface area contributed by atoms with Gasteiger partial charge in [-0.25, -0.2) is 9.50 Å². The van der Waals surface area contributed by atoms with Crippen LogP contribution in [0, 0.1) is 6.92 Å². The van der Waals surface area contributed by atoms with Crippen LogP contribution in [0.1, 0.15) is 29.7 Å². The van der Waals surface area contributed by atoms with Crippen LogP contribution in [0.4, 0.5) is 0 Å². The molecule has 102 valence electrons. The third kappa shape index (κ3) is 2.87. The van der Waals surface area contributed by atoms with Gasteiger partial charge in [-0.3, -0.25) is 4.79 Å². The molecule has 0 aromatic carbocycles. The fourth-order valence-electron chi connectivity index (χ4n) is 1.65. The lowest BCUT2D eigenvalue weighted by Gasteiger charge is -2.15. The van der Waals surface area contributed by atoms with Gasteiger partial charge in [0.1, 0.15) is 0 Å². The zero-order valence-electron chi connectivity index (χ0n) is 11.2. The van der Waals surface area contributed by atoms with Gasteiger partial charge in [0.05, 0.1) is 6.10 Å². The van der Waals surface area contributed by atoms with Crippen LogP contribution in [-0.2, 0) is 0 Å². The fourth-order valence-corrected chi connectivity index (χ4v) is 1.65. The summed E-state index contributed by atoms with van der Waals surface area (Å²) in [6.45, 7) is 4.02. The Morgan fingerprint density at radius 3 is 2.95 bits per heavy atom. The van der Waals surface area contributed by atoms with E-state index in [2.05, 4.69) is 15.1 Å². The molecule has 0 bridgehead atoms. The van der Waals surface area contributed by atoms with Gasteiger partial charge in [0.25, 0.3) is 11.7 Å². The van der Waals surface area contributed by atoms with E-state index >= 15 is 0 Å². The molecule has 1 amide bonds. The Kier molecular flexibility index (Phi) is 3.75. The number of hydrogen-bond acceptors (Lipinski definition) is 5. The van der Waals surface area contributed by atoms with E-state index in [0.717, 1.165) is 5.69 Å². The van der Waals surface area contributed by atoms with E-state index in [4.69, 9.17) is 0 Å². The maximum absolute atomic E-state index is 12.1. The SMILES string of the molecule is Cc1ccnc2nc(C(=O)N(C)CCC(C)O)nn12. The van der Waals surface area contributed by atoms with Crippen LogP contribution in [0.3, 0.4) is 0 Å². The molecule has 7 nitrogen and oxygen atoms in total. The van der Waals surface area contributed by atoms with Crippen LogP contribution in [0.2, 0.25) is 0 Å². The summed E-state index contributed by atoms with van der Waals surface area (Å²) < 4.78 is 1.54. The van der Waals surface area contributed by atoms with E-state index in [1.54, 1.807) is 26.2 Å². The molecular formula is C12H17N5O2. The highest BCUT2D eigenvalue weighted by atomic mass is 16.3. The number of fused-ring (bicyclic) bond motifs is 1. The number of aliphatic hydroxyl groups excluding tert-OH is 1. The van der Waals surface area contributed by atoms with Crippen molar-refractivity contribution in [2.24, 2.45) is 0 Å². The normalized spacial score (nSPS) is 12.6. The first-order chi connectivity index (χ1) is 8.99. The molecule has 0 aliphatic heterocycles. The molecule has 2 aromatic heterocycles. The van der Waals surface area contributed by atoms with Gasteiger partial charge in [0.15, 0.2) is 0 Å². The quantitative estimate of drug-likeness (QED) is 0.856. The van der Waals surface area contributed by atoms with Gasteiger partial charge < -0.3 is 10.0 Å². The van der Waals surface area contributed by atoms with Crippen LogP contribution in [0.15, 0.2) is 12.3 Å². The van der Waals surface area contributed by atoms with E-state index in [0.29, 0.717) is 18.7 Å². The zero-order valence-corrected chi connectivity index (χ0v) is 11.2. The maximum atomic E-state index is 12.1. The van der Waals surface area contributed by atoms with Crippen molar-refractivity contribution in [1.82, 2.24) is 24.5 Å². The number of nitrogens with zero attached hydrogens (tertiary/aromatic N) is 5. The van der Waals surface area contributed by atoms with Gasteiger partial charge in [-0.15, -0.1) is 5.10 Å². The van der Waals surface area contributed by atoms with Crippen LogP contribution < -0.4 is 0 Å². The van der Waals surface area contributed by atoms with Gasteiger partial charge in [-0.1, -0.05) is 0 Å². The Morgan fingerprint density at radius 2 is 2.32 bits per heavy atom. The lowest BCUT2D eigenvalue weighted by Crippen LogP contribution is -2.30. The molecule has 0 radical (unpaired) electrons. The number of aryl methyl sites for hydroxylation is 1. The highest BCUT2D eigenvalue weighted by Crippen LogP contribution is 2.05. The number of hydrogen-bond donors (Lipinski definition) is 1. The molecule has 19 heavy (non-hydrogen) atoms. The summed E-state index contributed by atoms with van der Waals surface area (Å²) >= 11 is 0. The minimum Gasteiger partial charge on any atom is -0.393 e. The highest BCUT2D eigenvalue weighted by Gasteiger charge is 2.18. The smallest absolute Gasteiger partial charge is 0.293 e. The second-order valence-electron chi connectivity index (χ2n) is 4.60. The summed E-state index contributed by atoms with van der Waals surface area (Å²) in [5, 5.41) is 13.4. The topological polar surface area (TPSA) is 83.6 Å². The molecule has 0 spiro atoms. The molecule has 2 heterocycles. The molecule has 2 aromatic rings. The number of rotatable bonds is 4. The number of carbonyl (C=O) groups is 1. The third-order valence-electron chi connectivity index (χ3n) is 2.85. The van der Waals surface area contributed by atoms with Crippen molar-refractivity contribution in [2.45, 2.75) is 26.4 Å². The van der Waals surface area contributed by atoms with Gasteiger partial charge >= 0.3 is 0 Å². The summed E-state index contributed by atoms with van der Waals surface area (Å²) in [6.07, 6.45) is 1.71. The first kappa shape index (κ1) is 13.4. The van der Waals surface area contributed by atoms with E-state index in [9.17, 15) is 9.90 Å². The van der Waals surface area contributed by atoms with Crippen molar-refractivity contribution in [3.05, 3.63) is 23.8 Å². The molecule has 0 saturated carbocycles. The Labute approximate surface area is 110 Å². The Bertz CT molecular complexity index is 593. The molecule has 0 aliphatic rings. The highest BCUT2D eigenvalue weighted by molar-refractivity contribution is 5.90. The first-order valence-electron chi connectivity index (χ1n) is 6.11. The fraction of sp³-hybridized carbons (Fsp3) is 0.500. The summed E-state index contributed by atoms with van der Waals surface area (Å²) in [5.74, 6) is 0.257. The predicted molar refractivity (Wildman–Crippen MR) is 68.8 cm³/mol. The number of aromatic nitrogens is 4. The minimum absolute atomic E-state index is 0.120. The number of amides is 1. The molecule has 1 atom stereocenters. The molecular weight excluding hydrogens is 246 g/mol. The minimum atomic E-state index is -0.437. The van der Waals surface area contributed by atoms with Gasteiger partial charge in [-0.2, -0.15) is 4.98 Å². The lowest BCUT2D eigenvalue weighted by atomic mass is 10.3. The largest absolute Gasteiger partial charge is 0.393 e. The van der Waals surface area contributed by atoms with Crippen molar-refractivity contribution < 1.29 is 9.90 Å². The van der Waals surface area contributed by atoms with Crippen molar-refractivity contribution in [1.29, 1.82) is 0 Å². The Morgan fingerprint density at radius 1 is 1.58 bits per heavy atom. The van der Waals surface area contributed by atoms with Gasteiger partial charge in [0.2, 0.25) is 5.82 Å². The second-order valence-corrected chi connectivity index (χ2v) is 4.60. The van der Waals surface area contributed by atoms with Crippen molar-refractivity contribution in [3.63, 3.8) is 0 Å². The molecule has 1 N–H and O–H groups in total. The van der Waals surface area contributed by atoms with Crippen molar-refractivity contribution in [3.8, 4) is 0 Å². The maximum Gasteiger partial charge on any atom is 0.293 e. The summed E-state index contributed by atoms with van der Waals surface area (Å²) in [5.41, 5.74) is 0.864.